The zero-order chi connectivity index (χ0) is 22.1. The van der Waals surface area contributed by atoms with Gasteiger partial charge in [0.25, 0.3) is 11.8 Å². The minimum atomic E-state index is -0.419. The molecule has 0 saturated heterocycles. The van der Waals surface area contributed by atoms with Crippen molar-refractivity contribution in [2.45, 2.75) is 13.0 Å². The topological polar surface area (TPSA) is 94.5 Å². The van der Waals surface area contributed by atoms with Crippen molar-refractivity contribution in [3.8, 4) is 11.5 Å². The average molecular weight is 441 g/mol. The van der Waals surface area contributed by atoms with Crippen molar-refractivity contribution in [2.24, 2.45) is 0 Å². The first-order valence-corrected chi connectivity index (χ1v) is 10.5. The van der Waals surface area contributed by atoms with Gasteiger partial charge in [0.05, 0.1) is 20.5 Å². The van der Waals surface area contributed by atoms with Crippen molar-refractivity contribution in [2.75, 3.05) is 20.8 Å². The number of aryl methyl sites for hydroxylation is 1. The van der Waals surface area contributed by atoms with Crippen molar-refractivity contribution in [1.29, 1.82) is 0 Å². The van der Waals surface area contributed by atoms with Crippen LogP contribution in [-0.4, -0.2) is 42.1 Å². The van der Waals surface area contributed by atoms with E-state index in [0.29, 0.717) is 23.6 Å². The first-order chi connectivity index (χ1) is 15.1. The Morgan fingerprint density at radius 1 is 1.19 bits per heavy atom. The Bertz CT molecular complexity index is 1030. The Labute approximate surface area is 184 Å². The average Bonchev–Trinajstić information content (AvgIpc) is 3.49. The standard InChI is InChI=1S/C22H24N4O4S/c1-29-19-7-6-16(13-20(19)30-2)21(27)25-18(14-17-5-3-12-31-17)22(28)24-8-4-10-26-11-9-23-15-26/h3,5-7,9,11-15H,4,8,10H2,1-2H3,(H,24,28)(H,25,27)/b18-14+. The molecule has 0 aliphatic heterocycles. The smallest absolute Gasteiger partial charge is 0.267 e. The number of hydrogen-bond acceptors (Lipinski definition) is 6. The molecule has 8 nitrogen and oxygen atoms in total. The quantitative estimate of drug-likeness (QED) is 0.373. The molecule has 9 heteroatoms. The van der Waals surface area contributed by atoms with Gasteiger partial charge < -0.3 is 24.7 Å². The Hall–Kier alpha value is -3.59. The van der Waals surface area contributed by atoms with Crippen molar-refractivity contribution in [1.82, 2.24) is 20.2 Å². The number of nitrogens with zero attached hydrogens (tertiary/aromatic N) is 2. The van der Waals surface area contributed by atoms with Crippen LogP contribution in [0.4, 0.5) is 0 Å². The van der Waals surface area contributed by atoms with Gasteiger partial charge in [-0.15, -0.1) is 11.3 Å². The summed E-state index contributed by atoms with van der Waals surface area (Å²) in [4.78, 5) is 30.4. The van der Waals surface area contributed by atoms with Crippen molar-refractivity contribution in [3.05, 3.63) is 70.6 Å². The van der Waals surface area contributed by atoms with Gasteiger partial charge in [-0.25, -0.2) is 4.98 Å². The molecular formula is C22H24N4O4S. The van der Waals surface area contributed by atoms with Crippen LogP contribution in [0.2, 0.25) is 0 Å². The van der Waals surface area contributed by atoms with Crippen LogP contribution in [0.5, 0.6) is 11.5 Å². The van der Waals surface area contributed by atoms with Gasteiger partial charge in [0.2, 0.25) is 0 Å². The van der Waals surface area contributed by atoms with Crippen LogP contribution >= 0.6 is 11.3 Å². The maximum Gasteiger partial charge on any atom is 0.267 e. The highest BCUT2D eigenvalue weighted by molar-refractivity contribution is 7.10. The van der Waals surface area contributed by atoms with Crippen LogP contribution in [0, 0.1) is 0 Å². The fourth-order valence-electron chi connectivity index (χ4n) is 2.82. The van der Waals surface area contributed by atoms with Gasteiger partial charge in [-0.05, 0) is 42.1 Å². The highest BCUT2D eigenvalue weighted by Crippen LogP contribution is 2.27. The third-order valence-corrected chi connectivity index (χ3v) is 5.23. The second-order valence-electron chi connectivity index (χ2n) is 6.51. The molecule has 3 aromatic rings. The van der Waals surface area contributed by atoms with E-state index in [1.54, 1.807) is 36.8 Å². The van der Waals surface area contributed by atoms with E-state index < -0.39 is 5.91 Å². The van der Waals surface area contributed by atoms with Crippen LogP contribution in [-0.2, 0) is 11.3 Å². The molecular weight excluding hydrogens is 416 g/mol. The molecule has 0 aliphatic carbocycles. The number of methoxy groups -OCH3 is 2. The van der Waals surface area contributed by atoms with E-state index in [9.17, 15) is 9.59 Å². The normalized spacial score (nSPS) is 11.1. The van der Waals surface area contributed by atoms with Crippen LogP contribution in [0.1, 0.15) is 21.7 Å². The van der Waals surface area contributed by atoms with Crippen molar-refractivity contribution >= 4 is 29.2 Å². The summed E-state index contributed by atoms with van der Waals surface area (Å²) in [5.41, 5.74) is 0.521. The zero-order valence-electron chi connectivity index (χ0n) is 17.3. The van der Waals surface area contributed by atoms with E-state index in [-0.39, 0.29) is 11.6 Å². The SMILES string of the molecule is COc1ccc(C(=O)N/C(=C/c2cccs2)C(=O)NCCCn2ccnc2)cc1OC. The van der Waals surface area contributed by atoms with E-state index >= 15 is 0 Å². The molecule has 0 bridgehead atoms. The van der Waals surface area contributed by atoms with E-state index in [1.807, 2.05) is 28.3 Å². The predicted octanol–water partition coefficient (Wildman–Crippen LogP) is 2.94. The Kier molecular flexibility index (Phi) is 7.83. The maximum absolute atomic E-state index is 12.8. The molecule has 0 unspecified atom stereocenters. The fourth-order valence-corrected chi connectivity index (χ4v) is 3.48. The van der Waals surface area contributed by atoms with E-state index in [2.05, 4.69) is 15.6 Å². The number of aromatic nitrogens is 2. The highest BCUT2D eigenvalue weighted by Gasteiger charge is 2.16. The number of carbonyl (C=O) groups is 2. The molecule has 2 aromatic heterocycles. The maximum atomic E-state index is 12.8. The first-order valence-electron chi connectivity index (χ1n) is 9.63. The van der Waals surface area contributed by atoms with E-state index in [1.165, 1.54) is 25.6 Å². The molecule has 2 heterocycles. The summed E-state index contributed by atoms with van der Waals surface area (Å²) in [5, 5.41) is 7.48. The Balaban J connectivity index is 1.68. The van der Waals surface area contributed by atoms with Crippen LogP contribution in [0.25, 0.3) is 6.08 Å². The lowest BCUT2D eigenvalue weighted by Crippen LogP contribution is -2.35. The molecule has 31 heavy (non-hydrogen) atoms. The molecule has 3 rings (SSSR count). The van der Waals surface area contributed by atoms with Crippen LogP contribution in [0.3, 0.4) is 0 Å². The molecule has 0 aliphatic rings. The number of imidazole rings is 1. The second kappa shape index (κ2) is 11.0. The number of hydrogen-bond donors (Lipinski definition) is 2. The summed E-state index contributed by atoms with van der Waals surface area (Å²) in [7, 11) is 3.02. The molecule has 0 spiro atoms. The van der Waals surface area contributed by atoms with Gasteiger partial charge in [0.15, 0.2) is 11.5 Å². The summed E-state index contributed by atoms with van der Waals surface area (Å²) in [6.07, 6.45) is 7.71. The van der Waals surface area contributed by atoms with Gasteiger partial charge in [0, 0.05) is 35.9 Å². The summed E-state index contributed by atoms with van der Waals surface area (Å²) < 4.78 is 12.4. The lowest BCUT2D eigenvalue weighted by Gasteiger charge is -2.12. The molecule has 0 radical (unpaired) electrons. The second-order valence-corrected chi connectivity index (χ2v) is 7.49. The predicted molar refractivity (Wildman–Crippen MR) is 119 cm³/mol. The highest BCUT2D eigenvalue weighted by atomic mass is 32.1. The van der Waals surface area contributed by atoms with Gasteiger partial charge >= 0.3 is 0 Å². The van der Waals surface area contributed by atoms with Crippen molar-refractivity contribution < 1.29 is 19.1 Å². The fraction of sp³-hybridized carbons (Fsp3) is 0.227. The summed E-state index contributed by atoms with van der Waals surface area (Å²) in [5.74, 6) is 0.178. The lowest BCUT2D eigenvalue weighted by atomic mass is 10.1. The van der Waals surface area contributed by atoms with Crippen molar-refractivity contribution in [3.63, 3.8) is 0 Å². The minimum absolute atomic E-state index is 0.171. The third kappa shape index (κ3) is 6.19. The molecule has 2 amide bonds. The van der Waals surface area contributed by atoms with Crippen LogP contribution in [0.15, 0.2) is 60.1 Å². The van der Waals surface area contributed by atoms with E-state index in [0.717, 1.165) is 17.8 Å². The Morgan fingerprint density at radius 2 is 2.03 bits per heavy atom. The van der Waals surface area contributed by atoms with Gasteiger partial charge in [-0.3, -0.25) is 9.59 Å². The molecule has 1 aromatic carbocycles. The van der Waals surface area contributed by atoms with Crippen LogP contribution < -0.4 is 20.1 Å². The summed E-state index contributed by atoms with van der Waals surface area (Å²) in [6, 6.07) is 8.59. The molecule has 162 valence electrons. The number of amides is 2. The summed E-state index contributed by atoms with van der Waals surface area (Å²) in [6.45, 7) is 1.20. The lowest BCUT2D eigenvalue weighted by molar-refractivity contribution is -0.117. The molecule has 0 fully saturated rings. The molecule has 2 N–H and O–H groups in total. The van der Waals surface area contributed by atoms with E-state index in [4.69, 9.17) is 9.47 Å². The molecule has 0 saturated carbocycles. The number of benzene rings is 1. The number of ether oxygens (including phenoxy) is 2. The number of thiophene rings is 1. The monoisotopic (exact) mass is 440 g/mol. The first kappa shape index (κ1) is 22.1. The number of carbonyl (C=O) groups excluding carboxylic acids is 2. The minimum Gasteiger partial charge on any atom is -0.493 e. The zero-order valence-corrected chi connectivity index (χ0v) is 18.1. The van der Waals surface area contributed by atoms with Gasteiger partial charge in [-0.2, -0.15) is 0 Å². The number of nitrogens with one attached hydrogen (secondary N) is 2. The summed E-state index contributed by atoms with van der Waals surface area (Å²) >= 11 is 1.47. The van der Waals surface area contributed by atoms with Gasteiger partial charge in [-0.1, -0.05) is 6.07 Å². The van der Waals surface area contributed by atoms with Gasteiger partial charge in [0.1, 0.15) is 5.70 Å². The molecule has 0 atom stereocenters. The Morgan fingerprint density at radius 3 is 2.71 bits per heavy atom. The third-order valence-electron chi connectivity index (χ3n) is 4.41. The largest absolute Gasteiger partial charge is 0.493 e. The number of rotatable bonds is 10.